The number of aromatic nitrogens is 5. The number of hydrogen-bond donors (Lipinski definition) is 1. The van der Waals surface area contributed by atoms with Gasteiger partial charge in [-0.15, -0.1) is 0 Å². The highest BCUT2D eigenvalue weighted by atomic mass is 15.3. The lowest BCUT2D eigenvalue weighted by molar-refractivity contribution is 0.684. The zero-order valence-electron chi connectivity index (χ0n) is 15.8. The van der Waals surface area contributed by atoms with Crippen molar-refractivity contribution in [2.24, 2.45) is 5.92 Å². The third-order valence-electron chi connectivity index (χ3n) is 5.62. The van der Waals surface area contributed by atoms with E-state index >= 15 is 0 Å². The lowest BCUT2D eigenvalue weighted by Gasteiger charge is -2.15. The molecule has 0 aromatic carbocycles. The molecule has 0 bridgehead atoms. The Morgan fingerprint density at radius 3 is 2.93 bits per heavy atom. The van der Waals surface area contributed by atoms with Crippen LogP contribution in [-0.2, 0) is 6.42 Å². The summed E-state index contributed by atoms with van der Waals surface area (Å²) in [4.78, 5) is 13.9. The molecule has 3 aromatic rings. The SMILES string of the molecule is Cc1cnc2ccc(C3=CCCCc4nc(N[C@H](C)C5CC5)ncc43)nn12. The van der Waals surface area contributed by atoms with Gasteiger partial charge in [-0.1, -0.05) is 6.08 Å². The van der Waals surface area contributed by atoms with E-state index in [2.05, 4.69) is 28.3 Å². The van der Waals surface area contributed by atoms with Crippen LogP contribution in [0.3, 0.4) is 0 Å². The van der Waals surface area contributed by atoms with Crippen LogP contribution >= 0.6 is 0 Å². The van der Waals surface area contributed by atoms with Crippen LogP contribution in [0.4, 0.5) is 5.95 Å². The smallest absolute Gasteiger partial charge is 0.223 e. The number of aryl methyl sites for hydroxylation is 2. The molecule has 27 heavy (non-hydrogen) atoms. The molecule has 0 radical (unpaired) electrons. The van der Waals surface area contributed by atoms with E-state index in [1.807, 2.05) is 36.0 Å². The molecule has 1 atom stereocenters. The van der Waals surface area contributed by atoms with E-state index in [4.69, 9.17) is 10.1 Å². The fourth-order valence-electron chi connectivity index (χ4n) is 3.82. The van der Waals surface area contributed by atoms with Crippen LogP contribution in [0.5, 0.6) is 0 Å². The summed E-state index contributed by atoms with van der Waals surface area (Å²) in [6.07, 6.45) is 11.8. The van der Waals surface area contributed by atoms with Crippen molar-refractivity contribution in [1.82, 2.24) is 24.6 Å². The molecule has 2 aliphatic rings. The molecular weight excluding hydrogens is 336 g/mol. The van der Waals surface area contributed by atoms with Gasteiger partial charge in [0.15, 0.2) is 5.65 Å². The lowest BCUT2D eigenvalue weighted by atomic mass is 10.0. The first-order valence-corrected chi connectivity index (χ1v) is 9.84. The molecule has 2 aliphatic carbocycles. The molecule has 0 amide bonds. The maximum absolute atomic E-state index is 4.86. The van der Waals surface area contributed by atoms with Crippen LogP contribution in [0.2, 0.25) is 0 Å². The van der Waals surface area contributed by atoms with Gasteiger partial charge in [0.2, 0.25) is 5.95 Å². The average molecular weight is 360 g/mol. The third-order valence-corrected chi connectivity index (χ3v) is 5.62. The standard InChI is InChI=1S/C21H24N6/c1-13-11-22-20-10-9-19(26-27(13)20)16-5-3-4-6-18-17(16)12-23-21(25-18)24-14(2)15-7-8-15/h5,9-12,14-15H,3-4,6-8H2,1-2H3,(H,23,24,25)/t14-/m1/s1. The molecule has 6 heteroatoms. The van der Waals surface area contributed by atoms with Crippen molar-refractivity contribution in [1.29, 1.82) is 0 Å². The van der Waals surface area contributed by atoms with Crippen molar-refractivity contribution in [3.05, 3.63) is 53.2 Å². The molecule has 0 spiro atoms. The van der Waals surface area contributed by atoms with Gasteiger partial charge in [-0.25, -0.2) is 19.5 Å². The van der Waals surface area contributed by atoms with E-state index in [1.54, 1.807) is 0 Å². The van der Waals surface area contributed by atoms with Gasteiger partial charge in [0.05, 0.1) is 23.3 Å². The minimum absolute atomic E-state index is 0.442. The molecule has 5 rings (SSSR count). The van der Waals surface area contributed by atoms with Gasteiger partial charge >= 0.3 is 0 Å². The van der Waals surface area contributed by atoms with E-state index in [0.29, 0.717) is 6.04 Å². The van der Waals surface area contributed by atoms with Crippen LogP contribution in [0.15, 0.2) is 30.6 Å². The Morgan fingerprint density at radius 2 is 2.07 bits per heavy atom. The minimum Gasteiger partial charge on any atom is -0.351 e. The van der Waals surface area contributed by atoms with Gasteiger partial charge < -0.3 is 5.32 Å². The first kappa shape index (κ1) is 16.4. The zero-order valence-corrected chi connectivity index (χ0v) is 15.8. The van der Waals surface area contributed by atoms with E-state index in [-0.39, 0.29) is 0 Å². The average Bonchev–Trinajstić information content (AvgIpc) is 3.49. The van der Waals surface area contributed by atoms with E-state index in [0.717, 1.165) is 65.0 Å². The highest BCUT2D eigenvalue weighted by Gasteiger charge is 2.28. The summed E-state index contributed by atoms with van der Waals surface area (Å²) in [6.45, 7) is 4.25. The third kappa shape index (κ3) is 3.09. The molecule has 138 valence electrons. The fraction of sp³-hybridized carbons (Fsp3) is 0.429. The van der Waals surface area contributed by atoms with Crippen LogP contribution in [-0.4, -0.2) is 30.6 Å². The van der Waals surface area contributed by atoms with Crippen molar-refractivity contribution in [2.75, 3.05) is 5.32 Å². The van der Waals surface area contributed by atoms with Gasteiger partial charge in [-0.05, 0) is 64.0 Å². The Kier molecular flexibility index (Phi) is 3.92. The quantitative estimate of drug-likeness (QED) is 0.766. The number of allylic oxidation sites excluding steroid dienone is 1. The monoisotopic (exact) mass is 360 g/mol. The van der Waals surface area contributed by atoms with E-state index < -0.39 is 0 Å². The summed E-state index contributed by atoms with van der Waals surface area (Å²) in [7, 11) is 0. The van der Waals surface area contributed by atoms with Crippen molar-refractivity contribution in [2.45, 2.75) is 52.0 Å². The van der Waals surface area contributed by atoms with Gasteiger partial charge in [0.1, 0.15) is 0 Å². The van der Waals surface area contributed by atoms with Gasteiger partial charge in [0, 0.05) is 23.4 Å². The van der Waals surface area contributed by atoms with E-state index in [9.17, 15) is 0 Å². The second kappa shape index (κ2) is 6.44. The summed E-state index contributed by atoms with van der Waals surface area (Å²) in [6, 6.07) is 4.51. The second-order valence-electron chi connectivity index (χ2n) is 7.72. The maximum Gasteiger partial charge on any atom is 0.223 e. The summed E-state index contributed by atoms with van der Waals surface area (Å²) >= 11 is 0. The van der Waals surface area contributed by atoms with Crippen molar-refractivity contribution >= 4 is 17.2 Å². The largest absolute Gasteiger partial charge is 0.351 e. The topological polar surface area (TPSA) is 68.0 Å². The highest BCUT2D eigenvalue weighted by molar-refractivity contribution is 5.79. The van der Waals surface area contributed by atoms with Crippen molar-refractivity contribution in [3.63, 3.8) is 0 Å². The van der Waals surface area contributed by atoms with Crippen LogP contribution in [0.25, 0.3) is 11.2 Å². The molecule has 6 nitrogen and oxygen atoms in total. The predicted molar refractivity (Wildman–Crippen MR) is 106 cm³/mol. The molecule has 0 unspecified atom stereocenters. The Balaban J connectivity index is 1.52. The fourth-order valence-corrected chi connectivity index (χ4v) is 3.82. The number of nitrogens with one attached hydrogen (secondary N) is 1. The van der Waals surface area contributed by atoms with Gasteiger partial charge in [0.25, 0.3) is 0 Å². The summed E-state index contributed by atoms with van der Waals surface area (Å²) in [5, 5.41) is 8.30. The number of hydrogen-bond acceptors (Lipinski definition) is 5. The Bertz CT molecular complexity index is 1030. The summed E-state index contributed by atoms with van der Waals surface area (Å²) in [5.74, 6) is 1.53. The summed E-state index contributed by atoms with van der Waals surface area (Å²) in [5.41, 5.74) is 6.19. The van der Waals surface area contributed by atoms with Crippen LogP contribution < -0.4 is 5.32 Å². The molecule has 3 aromatic heterocycles. The number of imidazole rings is 1. The first-order chi connectivity index (χ1) is 13.2. The van der Waals surface area contributed by atoms with Crippen LogP contribution in [0, 0.1) is 12.8 Å². The predicted octanol–water partition coefficient (Wildman–Crippen LogP) is 3.81. The molecule has 0 aliphatic heterocycles. The summed E-state index contributed by atoms with van der Waals surface area (Å²) < 4.78 is 1.90. The van der Waals surface area contributed by atoms with Crippen molar-refractivity contribution < 1.29 is 0 Å². The van der Waals surface area contributed by atoms with Gasteiger partial charge in [-0.3, -0.25) is 0 Å². The zero-order chi connectivity index (χ0) is 18.4. The number of fused-ring (bicyclic) bond motifs is 2. The Hall–Kier alpha value is -2.76. The molecule has 1 N–H and O–H groups in total. The number of rotatable bonds is 4. The highest BCUT2D eigenvalue weighted by Crippen LogP contribution is 2.34. The van der Waals surface area contributed by atoms with Gasteiger partial charge in [-0.2, -0.15) is 5.10 Å². The molecule has 1 fully saturated rings. The minimum atomic E-state index is 0.442. The lowest BCUT2D eigenvalue weighted by Crippen LogP contribution is -2.19. The molecule has 1 saturated carbocycles. The Labute approximate surface area is 158 Å². The number of nitrogens with zero attached hydrogens (tertiary/aromatic N) is 5. The maximum atomic E-state index is 4.86. The molecule has 0 saturated heterocycles. The number of anilines is 1. The van der Waals surface area contributed by atoms with Crippen LogP contribution in [0.1, 0.15) is 55.3 Å². The first-order valence-electron chi connectivity index (χ1n) is 9.84. The normalized spacial score (nSPS) is 17.9. The second-order valence-corrected chi connectivity index (χ2v) is 7.72. The Morgan fingerprint density at radius 1 is 1.19 bits per heavy atom. The molecule has 3 heterocycles. The molecular formula is C21H24N6. The van der Waals surface area contributed by atoms with Crippen molar-refractivity contribution in [3.8, 4) is 0 Å². The van der Waals surface area contributed by atoms with E-state index in [1.165, 1.54) is 12.8 Å².